The predicted octanol–water partition coefficient (Wildman–Crippen LogP) is 2.02. The lowest BCUT2D eigenvalue weighted by atomic mass is 9.54. The summed E-state index contributed by atoms with van der Waals surface area (Å²) in [7, 11) is 1.46. The minimum atomic E-state index is -0.243. The molecular formula is C11H15NO2. The molecule has 0 spiro atoms. The first kappa shape index (κ1) is 9.51. The van der Waals surface area contributed by atoms with Gasteiger partial charge in [0.25, 0.3) is 0 Å². The molecule has 0 aliphatic heterocycles. The summed E-state index contributed by atoms with van der Waals surface area (Å²) in [5.74, 6) is -0.0660. The van der Waals surface area contributed by atoms with E-state index < -0.39 is 0 Å². The first-order chi connectivity index (χ1) is 6.66. The molecule has 0 aromatic heterocycles. The molecule has 0 aromatic rings. The molecule has 3 aliphatic carbocycles. The van der Waals surface area contributed by atoms with Gasteiger partial charge in [-0.05, 0) is 38.5 Å². The summed E-state index contributed by atoms with van der Waals surface area (Å²) in [6.07, 6.45) is 5.14. The molecule has 0 aromatic carbocycles. The summed E-state index contributed by atoms with van der Waals surface area (Å²) in [5, 5.41) is 9.08. The summed E-state index contributed by atoms with van der Waals surface area (Å²) in [4.78, 5) is 11.6. The molecule has 2 bridgehead atoms. The van der Waals surface area contributed by atoms with Gasteiger partial charge in [-0.2, -0.15) is 5.26 Å². The first-order valence-electron chi connectivity index (χ1n) is 5.16. The smallest absolute Gasteiger partial charge is 0.311 e. The van der Waals surface area contributed by atoms with Crippen LogP contribution in [0.1, 0.15) is 38.5 Å². The van der Waals surface area contributed by atoms with E-state index in [2.05, 4.69) is 6.07 Å². The second-order valence-corrected chi connectivity index (χ2v) is 4.66. The van der Waals surface area contributed by atoms with Crippen molar-refractivity contribution in [1.29, 1.82) is 5.26 Å². The second kappa shape index (κ2) is 2.98. The molecule has 0 atom stereocenters. The topological polar surface area (TPSA) is 50.1 Å². The first-order valence-corrected chi connectivity index (χ1v) is 5.16. The highest BCUT2D eigenvalue weighted by atomic mass is 16.5. The Morgan fingerprint density at radius 2 is 1.71 bits per heavy atom. The van der Waals surface area contributed by atoms with Gasteiger partial charge in [-0.25, -0.2) is 0 Å². The SMILES string of the molecule is COC(=O)C12CCC(C#N)(CC1)CC2. The van der Waals surface area contributed by atoms with Crippen molar-refractivity contribution in [3.05, 3.63) is 0 Å². The van der Waals surface area contributed by atoms with Crippen molar-refractivity contribution in [2.45, 2.75) is 38.5 Å². The third-order valence-electron chi connectivity index (χ3n) is 4.10. The van der Waals surface area contributed by atoms with Crippen molar-refractivity contribution in [2.75, 3.05) is 7.11 Å². The zero-order chi connectivity index (χ0) is 10.2. The molecule has 0 saturated heterocycles. The van der Waals surface area contributed by atoms with E-state index in [9.17, 15) is 4.79 Å². The molecule has 0 heterocycles. The lowest BCUT2D eigenvalue weighted by Crippen LogP contribution is -2.45. The summed E-state index contributed by atoms with van der Waals surface area (Å²) >= 11 is 0. The van der Waals surface area contributed by atoms with Gasteiger partial charge in [0.15, 0.2) is 0 Å². The van der Waals surface area contributed by atoms with E-state index in [1.54, 1.807) is 0 Å². The van der Waals surface area contributed by atoms with Gasteiger partial charge in [0.1, 0.15) is 0 Å². The fraction of sp³-hybridized carbons (Fsp3) is 0.818. The van der Waals surface area contributed by atoms with E-state index in [1.165, 1.54) is 7.11 Å². The summed E-state index contributed by atoms with van der Waals surface area (Å²) in [6, 6.07) is 2.43. The molecule has 14 heavy (non-hydrogen) atoms. The molecule has 3 saturated carbocycles. The number of hydrogen-bond donors (Lipinski definition) is 0. The number of hydrogen-bond acceptors (Lipinski definition) is 3. The molecule has 3 heteroatoms. The fourth-order valence-electron chi connectivity index (χ4n) is 2.88. The van der Waals surface area contributed by atoms with Crippen molar-refractivity contribution in [3.63, 3.8) is 0 Å². The largest absolute Gasteiger partial charge is 0.469 e. The average Bonchev–Trinajstić information content (AvgIpc) is 2.30. The molecule has 0 N–H and O–H groups in total. The second-order valence-electron chi connectivity index (χ2n) is 4.66. The van der Waals surface area contributed by atoms with E-state index in [0.717, 1.165) is 38.5 Å². The van der Waals surface area contributed by atoms with Crippen LogP contribution >= 0.6 is 0 Å². The number of esters is 1. The Morgan fingerprint density at radius 1 is 1.21 bits per heavy atom. The van der Waals surface area contributed by atoms with Crippen molar-refractivity contribution in [2.24, 2.45) is 10.8 Å². The van der Waals surface area contributed by atoms with E-state index in [1.807, 2.05) is 0 Å². The molecule has 3 fully saturated rings. The van der Waals surface area contributed by atoms with Gasteiger partial charge in [-0.15, -0.1) is 0 Å². The van der Waals surface area contributed by atoms with Crippen molar-refractivity contribution in [1.82, 2.24) is 0 Å². The molecule has 3 aliphatic rings. The quantitative estimate of drug-likeness (QED) is 0.598. The van der Waals surface area contributed by atoms with Crippen LogP contribution in [0.4, 0.5) is 0 Å². The number of carbonyl (C=O) groups is 1. The normalized spacial score (nSPS) is 40.3. The van der Waals surface area contributed by atoms with Crippen LogP contribution in [0.5, 0.6) is 0 Å². The Hall–Kier alpha value is -1.04. The highest BCUT2D eigenvalue weighted by Crippen LogP contribution is 2.56. The molecule has 0 unspecified atom stereocenters. The number of methoxy groups -OCH3 is 1. The Bertz CT molecular complexity index is 278. The van der Waals surface area contributed by atoms with E-state index in [4.69, 9.17) is 10.00 Å². The molecule has 0 amide bonds. The highest BCUT2D eigenvalue weighted by Gasteiger charge is 2.53. The Balaban J connectivity index is 2.17. The van der Waals surface area contributed by atoms with E-state index in [-0.39, 0.29) is 16.8 Å². The minimum absolute atomic E-state index is 0.0660. The number of nitrogens with zero attached hydrogens (tertiary/aromatic N) is 1. The fourth-order valence-corrected chi connectivity index (χ4v) is 2.88. The van der Waals surface area contributed by atoms with Crippen molar-refractivity contribution < 1.29 is 9.53 Å². The van der Waals surface area contributed by atoms with Gasteiger partial charge in [0.2, 0.25) is 0 Å². The van der Waals surface area contributed by atoms with Crippen LogP contribution in [0.15, 0.2) is 0 Å². The summed E-state index contributed by atoms with van der Waals surface area (Å²) in [6.45, 7) is 0. The van der Waals surface area contributed by atoms with Crippen molar-refractivity contribution in [3.8, 4) is 6.07 Å². The maximum atomic E-state index is 11.6. The number of nitriles is 1. The lowest BCUT2D eigenvalue weighted by Gasteiger charge is -2.48. The van der Waals surface area contributed by atoms with Gasteiger partial charge in [0, 0.05) is 0 Å². The summed E-state index contributed by atoms with van der Waals surface area (Å²) in [5.41, 5.74) is -0.358. The Kier molecular flexibility index (Phi) is 2.02. The van der Waals surface area contributed by atoms with Crippen LogP contribution < -0.4 is 0 Å². The van der Waals surface area contributed by atoms with Gasteiger partial charge in [0.05, 0.1) is 24.0 Å². The number of fused-ring (bicyclic) bond motifs is 3. The molecule has 0 radical (unpaired) electrons. The van der Waals surface area contributed by atoms with Crippen LogP contribution in [0.25, 0.3) is 0 Å². The maximum Gasteiger partial charge on any atom is 0.311 e. The van der Waals surface area contributed by atoms with Crippen molar-refractivity contribution >= 4 is 5.97 Å². The predicted molar refractivity (Wildman–Crippen MR) is 50.2 cm³/mol. The molecular weight excluding hydrogens is 178 g/mol. The number of carbonyl (C=O) groups excluding carboxylic acids is 1. The lowest BCUT2D eigenvalue weighted by molar-refractivity contribution is -0.160. The Labute approximate surface area is 84.0 Å². The zero-order valence-corrected chi connectivity index (χ0v) is 8.51. The highest BCUT2D eigenvalue weighted by molar-refractivity contribution is 5.77. The third-order valence-corrected chi connectivity index (χ3v) is 4.10. The van der Waals surface area contributed by atoms with Gasteiger partial charge in [-0.1, -0.05) is 0 Å². The zero-order valence-electron chi connectivity index (χ0n) is 8.51. The van der Waals surface area contributed by atoms with Crippen LogP contribution in [0.2, 0.25) is 0 Å². The van der Waals surface area contributed by atoms with Gasteiger partial charge < -0.3 is 4.74 Å². The Morgan fingerprint density at radius 3 is 2.07 bits per heavy atom. The van der Waals surface area contributed by atoms with E-state index >= 15 is 0 Å². The molecule has 76 valence electrons. The summed E-state index contributed by atoms with van der Waals surface area (Å²) < 4.78 is 4.85. The maximum absolute atomic E-state index is 11.6. The van der Waals surface area contributed by atoms with E-state index in [0.29, 0.717) is 0 Å². The van der Waals surface area contributed by atoms with Gasteiger partial charge in [-0.3, -0.25) is 4.79 Å². The van der Waals surface area contributed by atoms with Crippen LogP contribution in [0.3, 0.4) is 0 Å². The number of ether oxygens (including phenoxy) is 1. The third kappa shape index (κ3) is 1.13. The minimum Gasteiger partial charge on any atom is -0.469 e. The monoisotopic (exact) mass is 193 g/mol. The average molecular weight is 193 g/mol. The van der Waals surface area contributed by atoms with Crippen LogP contribution in [0, 0.1) is 22.2 Å². The van der Waals surface area contributed by atoms with Crippen LogP contribution in [-0.4, -0.2) is 13.1 Å². The molecule has 3 rings (SSSR count). The van der Waals surface area contributed by atoms with Gasteiger partial charge >= 0.3 is 5.97 Å². The van der Waals surface area contributed by atoms with Crippen LogP contribution in [-0.2, 0) is 9.53 Å². The molecule has 3 nitrogen and oxygen atoms in total. The number of rotatable bonds is 1. The standard InChI is InChI=1S/C11H15NO2/c1-14-9(13)11-5-2-10(8-12,3-6-11)4-7-11/h2-7H2,1H3.